The van der Waals surface area contributed by atoms with Gasteiger partial charge in [0.05, 0.1) is 6.61 Å². The van der Waals surface area contributed by atoms with Crippen LogP contribution in [0.1, 0.15) is 27.0 Å². The Bertz CT molecular complexity index is 553. The van der Waals surface area contributed by atoms with E-state index in [-0.39, 0.29) is 17.9 Å². The van der Waals surface area contributed by atoms with E-state index < -0.39 is 20.5 Å². The second-order valence-electron chi connectivity index (χ2n) is 5.06. The van der Waals surface area contributed by atoms with E-state index >= 15 is 0 Å². The molecule has 1 aliphatic rings. The number of nitrogen functional groups attached to an aromatic ring is 1. The van der Waals surface area contributed by atoms with Crippen molar-refractivity contribution in [2.24, 2.45) is 0 Å². The Labute approximate surface area is 153 Å². The molecule has 0 radical (unpaired) electrons. The average Bonchev–Trinajstić information content (AvgIpc) is 3.04. The van der Waals surface area contributed by atoms with Gasteiger partial charge in [-0.3, -0.25) is 4.57 Å². The maximum atomic E-state index is 11.6. The zero-order valence-corrected chi connectivity index (χ0v) is 16.4. The predicted octanol–water partition coefficient (Wildman–Crippen LogP) is 0.990. The number of anilines is 1. The van der Waals surface area contributed by atoms with Crippen LogP contribution in [0.25, 0.3) is 0 Å². The van der Waals surface area contributed by atoms with Crippen molar-refractivity contribution in [3.8, 4) is 0 Å². The molecule has 0 amide bonds. The number of hydrogen-bond acceptors (Lipinski definition) is 9. The Morgan fingerprint density at radius 1 is 1.44 bits per heavy atom. The fraction of sp³-hybridized carbons (Fsp3) is 0.714. The molecule has 0 spiro atoms. The van der Waals surface area contributed by atoms with Gasteiger partial charge in [0, 0.05) is 11.9 Å². The Morgan fingerprint density at radius 3 is 2.56 bits per heavy atom. The number of aromatic nitrogens is 2. The Kier molecular flexibility index (Phi) is 10.5. The monoisotopic (exact) mass is 394 g/mol. The largest absolute Gasteiger partial charge is 0.383 e. The molecule has 2 rings (SSSR count). The van der Waals surface area contributed by atoms with E-state index in [1.54, 1.807) is 0 Å². The zero-order chi connectivity index (χ0) is 18.8. The minimum atomic E-state index is -2.39. The van der Waals surface area contributed by atoms with Crippen molar-refractivity contribution in [2.45, 2.75) is 32.4 Å². The van der Waals surface area contributed by atoms with E-state index in [1.165, 1.54) is 48.2 Å². The quantitative estimate of drug-likeness (QED) is 0.581. The van der Waals surface area contributed by atoms with Gasteiger partial charge in [0.2, 0.25) is 0 Å². The minimum Gasteiger partial charge on any atom is -0.383 e. The topological polar surface area (TPSA) is 123 Å². The molecule has 1 aliphatic heterocycles. The normalized spacial score (nSPS) is 20.0. The number of thioether (sulfide) groups is 1. The first-order valence-corrected chi connectivity index (χ1v) is 10.3. The summed E-state index contributed by atoms with van der Waals surface area (Å²) >= 11 is 1.42. The van der Waals surface area contributed by atoms with E-state index in [4.69, 9.17) is 20.3 Å². The van der Waals surface area contributed by atoms with Crippen LogP contribution in [0.2, 0.25) is 0 Å². The van der Waals surface area contributed by atoms with E-state index in [0.717, 1.165) is 0 Å². The third-order valence-corrected chi connectivity index (χ3v) is 5.04. The van der Waals surface area contributed by atoms with Crippen LogP contribution >= 0.6 is 20.4 Å². The van der Waals surface area contributed by atoms with E-state index in [0.29, 0.717) is 5.75 Å². The van der Waals surface area contributed by atoms with Crippen LogP contribution in [0.4, 0.5) is 5.82 Å². The van der Waals surface area contributed by atoms with Gasteiger partial charge >= 0.3 is 14.3 Å². The van der Waals surface area contributed by atoms with E-state index in [9.17, 15) is 4.79 Å². The summed E-state index contributed by atoms with van der Waals surface area (Å²) < 4.78 is 11.5. The molecule has 1 aromatic heterocycles. The van der Waals surface area contributed by atoms with Crippen LogP contribution in [-0.4, -0.2) is 61.7 Å². The zero-order valence-electron chi connectivity index (χ0n) is 14.7. The summed E-state index contributed by atoms with van der Waals surface area (Å²) in [6.07, 6.45) is 1.07. The van der Waals surface area contributed by atoms with Crippen LogP contribution < -0.4 is 11.4 Å². The first-order chi connectivity index (χ1) is 11.9. The molecular formula is C14H27N4O5PS. The summed E-state index contributed by atoms with van der Waals surface area (Å²) in [6.45, 7) is 10.2. The summed E-state index contributed by atoms with van der Waals surface area (Å²) in [4.78, 5) is 34.8. The molecule has 0 aromatic carbocycles. The first-order valence-electron chi connectivity index (χ1n) is 8.06. The van der Waals surface area contributed by atoms with Crippen LogP contribution in [0, 0.1) is 0 Å². The molecule has 0 unspecified atom stereocenters. The smallest absolute Gasteiger partial charge is 0.351 e. The molecule has 9 nitrogen and oxygen atoms in total. The Morgan fingerprint density at radius 2 is 2.08 bits per heavy atom. The molecule has 2 atom stereocenters. The molecule has 0 bridgehead atoms. The molecule has 4 N–H and O–H groups in total. The van der Waals surface area contributed by atoms with Gasteiger partial charge in [-0.2, -0.15) is 4.98 Å². The number of ether oxygens (including phenoxy) is 1. The standard InChI is InChI=1S/C8H12N3O5PS.C6H15N/c9-5-1-2-11(8(12)10-5)6-4-18-7(16-6)3-15-17(13)14;1-4-7(5-2)6-3/h1-2,6-7,13-14H,3-4H2,(H2,9,10,12);4-6H2,1-3H3/t6-,7+;/m0./s1. The molecule has 2 heterocycles. The highest BCUT2D eigenvalue weighted by molar-refractivity contribution is 8.00. The lowest BCUT2D eigenvalue weighted by Gasteiger charge is -2.14. The highest BCUT2D eigenvalue weighted by Crippen LogP contribution is 2.34. The second kappa shape index (κ2) is 11.8. The van der Waals surface area contributed by atoms with Gasteiger partial charge in [-0.25, -0.2) is 4.79 Å². The molecule has 1 aromatic rings. The van der Waals surface area contributed by atoms with Crippen LogP contribution in [-0.2, 0) is 9.26 Å². The van der Waals surface area contributed by atoms with Gasteiger partial charge in [-0.05, 0) is 25.7 Å². The summed E-state index contributed by atoms with van der Waals surface area (Å²) in [5.41, 5.74) is 4.57. The van der Waals surface area contributed by atoms with Gasteiger partial charge in [-0.15, -0.1) is 11.8 Å². The third kappa shape index (κ3) is 8.00. The summed E-state index contributed by atoms with van der Waals surface area (Å²) in [7, 11) is -2.39. The number of nitrogens with two attached hydrogens (primary N) is 1. The van der Waals surface area contributed by atoms with Gasteiger partial charge in [-0.1, -0.05) is 20.8 Å². The Balaban J connectivity index is 0.000000381. The van der Waals surface area contributed by atoms with E-state index in [2.05, 4.69) is 35.2 Å². The van der Waals surface area contributed by atoms with Crippen molar-refractivity contribution in [2.75, 3.05) is 37.7 Å². The molecule has 0 aliphatic carbocycles. The molecule has 1 saturated heterocycles. The molecule has 1 fully saturated rings. The van der Waals surface area contributed by atoms with Crippen molar-refractivity contribution < 1.29 is 19.0 Å². The van der Waals surface area contributed by atoms with Crippen LogP contribution in [0.5, 0.6) is 0 Å². The maximum absolute atomic E-state index is 11.6. The van der Waals surface area contributed by atoms with Gasteiger partial charge in [0.25, 0.3) is 0 Å². The highest BCUT2D eigenvalue weighted by atomic mass is 32.2. The number of rotatable bonds is 7. The highest BCUT2D eigenvalue weighted by Gasteiger charge is 2.28. The van der Waals surface area contributed by atoms with Crippen molar-refractivity contribution in [1.29, 1.82) is 0 Å². The number of nitrogens with zero attached hydrogens (tertiary/aromatic N) is 3. The maximum Gasteiger partial charge on any atom is 0.351 e. The molecular weight excluding hydrogens is 367 g/mol. The summed E-state index contributed by atoms with van der Waals surface area (Å²) in [5.74, 6) is 0.710. The summed E-state index contributed by atoms with van der Waals surface area (Å²) in [6, 6.07) is 1.51. The molecule has 144 valence electrons. The molecule has 11 heteroatoms. The fourth-order valence-corrected chi connectivity index (χ4v) is 3.48. The van der Waals surface area contributed by atoms with Crippen molar-refractivity contribution in [3.63, 3.8) is 0 Å². The number of hydrogen-bond donors (Lipinski definition) is 3. The lowest BCUT2D eigenvalue weighted by atomic mass is 10.5. The second-order valence-corrected chi connectivity index (χ2v) is 7.02. The van der Waals surface area contributed by atoms with Crippen LogP contribution in [0.15, 0.2) is 17.1 Å². The van der Waals surface area contributed by atoms with Crippen LogP contribution in [0.3, 0.4) is 0 Å². The SMILES string of the molecule is CCN(CC)CC.Nc1ccn([C@@H]2CS[C@H](COP(O)O)O2)c(=O)n1. The Hall–Kier alpha value is -0.740. The fourth-order valence-electron chi connectivity index (χ4n) is 2.12. The van der Waals surface area contributed by atoms with Crippen molar-refractivity contribution >= 4 is 26.2 Å². The van der Waals surface area contributed by atoms with Gasteiger partial charge in [0.15, 0.2) is 0 Å². The minimum absolute atomic E-state index is 0.0526. The molecule has 0 saturated carbocycles. The third-order valence-electron chi connectivity index (χ3n) is 3.56. The predicted molar refractivity (Wildman–Crippen MR) is 100 cm³/mol. The average molecular weight is 394 g/mol. The van der Waals surface area contributed by atoms with Crippen molar-refractivity contribution in [1.82, 2.24) is 14.5 Å². The lowest BCUT2D eigenvalue weighted by Crippen LogP contribution is -2.28. The first kappa shape index (κ1) is 22.3. The van der Waals surface area contributed by atoms with E-state index in [1.807, 2.05) is 0 Å². The van der Waals surface area contributed by atoms with Gasteiger partial charge in [0.1, 0.15) is 17.5 Å². The summed E-state index contributed by atoms with van der Waals surface area (Å²) in [5, 5.41) is 0. The lowest BCUT2D eigenvalue weighted by molar-refractivity contribution is -0.00364. The molecule has 25 heavy (non-hydrogen) atoms. The van der Waals surface area contributed by atoms with Crippen molar-refractivity contribution in [3.05, 3.63) is 22.7 Å². The van der Waals surface area contributed by atoms with Gasteiger partial charge < -0.3 is 29.7 Å².